The fourth-order valence-electron chi connectivity index (χ4n) is 4.34. The van der Waals surface area contributed by atoms with Crippen molar-refractivity contribution in [2.75, 3.05) is 19.8 Å². The van der Waals surface area contributed by atoms with Crippen molar-refractivity contribution < 1.29 is 28.5 Å². The lowest BCUT2D eigenvalue weighted by Gasteiger charge is -2.30. The molecule has 0 bridgehead atoms. The van der Waals surface area contributed by atoms with E-state index in [-0.39, 0.29) is 13.2 Å². The SMILES string of the molecule is CCOC(=O)C1=C(C)NC(=S)N[C@@H]1c1ccccc1OCC(=O)NN=Cc1ccc(OCc2ccccc2)c(OCC)c1. The highest BCUT2D eigenvalue weighted by Crippen LogP contribution is 2.33. The molecule has 43 heavy (non-hydrogen) atoms. The second-order valence-electron chi connectivity index (χ2n) is 9.32. The Morgan fingerprint density at radius 2 is 1.70 bits per heavy atom. The number of carbonyl (C=O) groups is 2. The third-order valence-corrected chi connectivity index (χ3v) is 6.48. The molecular formula is C32H34N4O6S. The maximum atomic E-state index is 12.7. The number of hydrogen-bond donors (Lipinski definition) is 3. The number of para-hydroxylation sites is 1. The highest BCUT2D eigenvalue weighted by atomic mass is 32.1. The lowest BCUT2D eigenvalue weighted by molar-refractivity contribution is -0.139. The standard InChI is InChI=1S/C32H34N4O6S/c1-4-39-27-17-23(15-16-26(27)41-19-22-11-7-6-8-12-22)18-33-36-28(37)20-42-25-14-10-9-13-24(25)30-29(31(38)40-5-2)21(3)34-32(43)35-30/h6-18,30H,4-5,19-20H2,1-3H3,(H,36,37)(H2,34,35,43)/t30-/m1/s1. The van der Waals surface area contributed by atoms with E-state index in [2.05, 4.69) is 21.2 Å². The molecule has 224 valence electrons. The van der Waals surface area contributed by atoms with Crippen LogP contribution in [-0.4, -0.2) is 43.0 Å². The zero-order valence-corrected chi connectivity index (χ0v) is 25.0. The largest absolute Gasteiger partial charge is 0.490 e. The number of esters is 1. The van der Waals surface area contributed by atoms with Gasteiger partial charge in [-0.2, -0.15) is 5.10 Å². The number of nitrogens with one attached hydrogen (secondary N) is 3. The van der Waals surface area contributed by atoms with Gasteiger partial charge < -0.3 is 29.6 Å². The van der Waals surface area contributed by atoms with Crippen molar-refractivity contribution in [1.29, 1.82) is 0 Å². The highest BCUT2D eigenvalue weighted by molar-refractivity contribution is 7.80. The Labute approximate surface area is 256 Å². The first-order valence-corrected chi connectivity index (χ1v) is 14.2. The van der Waals surface area contributed by atoms with Gasteiger partial charge in [0, 0.05) is 11.3 Å². The molecule has 3 aromatic rings. The summed E-state index contributed by atoms with van der Waals surface area (Å²) in [5.74, 6) is 0.652. The lowest BCUT2D eigenvalue weighted by atomic mass is 9.95. The van der Waals surface area contributed by atoms with E-state index in [1.165, 1.54) is 6.21 Å². The van der Waals surface area contributed by atoms with Gasteiger partial charge in [-0.1, -0.05) is 48.5 Å². The van der Waals surface area contributed by atoms with Gasteiger partial charge in [0.05, 0.1) is 31.0 Å². The number of allylic oxidation sites excluding steroid dienone is 1. The van der Waals surface area contributed by atoms with Crippen LogP contribution in [0.25, 0.3) is 0 Å². The van der Waals surface area contributed by atoms with Crippen molar-refractivity contribution in [1.82, 2.24) is 16.1 Å². The van der Waals surface area contributed by atoms with E-state index < -0.39 is 17.9 Å². The Morgan fingerprint density at radius 1 is 0.930 bits per heavy atom. The topological polar surface area (TPSA) is 120 Å². The number of carbonyl (C=O) groups excluding carboxylic acids is 2. The third kappa shape index (κ3) is 8.55. The summed E-state index contributed by atoms with van der Waals surface area (Å²) < 4.78 is 22.8. The van der Waals surface area contributed by atoms with Gasteiger partial charge in [-0.25, -0.2) is 10.2 Å². The van der Waals surface area contributed by atoms with Crippen molar-refractivity contribution in [3.8, 4) is 17.2 Å². The summed E-state index contributed by atoms with van der Waals surface area (Å²) in [4.78, 5) is 25.3. The summed E-state index contributed by atoms with van der Waals surface area (Å²) in [5, 5.41) is 10.5. The third-order valence-electron chi connectivity index (χ3n) is 6.26. The van der Waals surface area contributed by atoms with E-state index in [4.69, 9.17) is 31.2 Å². The number of rotatable bonds is 13. The van der Waals surface area contributed by atoms with Gasteiger partial charge in [-0.05, 0) is 68.4 Å². The van der Waals surface area contributed by atoms with E-state index in [0.717, 1.165) is 5.56 Å². The predicted octanol–water partition coefficient (Wildman–Crippen LogP) is 4.55. The number of ether oxygens (including phenoxy) is 4. The molecule has 11 heteroatoms. The molecule has 1 aliphatic heterocycles. The molecule has 3 aromatic carbocycles. The molecule has 0 unspecified atom stereocenters. The first kappa shape index (κ1) is 31.0. The van der Waals surface area contributed by atoms with Crippen LogP contribution >= 0.6 is 12.2 Å². The second-order valence-corrected chi connectivity index (χ2v) is 9.73. The number of amides is 1. The molecule has 10 nitrogen and oxygen atoms in total. The van der Waals surface area contributed by atoms with Crippen LogP contribution in [0.15, 0.2) is 89.2 Å². The lowest BCUT2D eigenvalue weighted by Crippen LogP contribution is -2.45. The summed E-state index contributed by atoms with van der Waals surface area (Å²) in [5.41, 5.74) is 5.82. The molecule has 0 aromatic heterocycles. The average Bonchev–Trinajstić information content (AvgIpc) is 3.00. The Morgan fingerprint density at radius 3 is 2.47 bits per heavy atom. The smallest absolute Gasteiger partial charge is 0.338 e. The van der Waals surface area contributed by atoms with E-state index in [1.54, 1.807) is 44.2 Å². The van der Waals surface area contributed by atoms with Crippen LogP contribution in [0, 0.1) is 0 Å². The van der Waals surface area contributed by atoms with Crippen LogP contribution in [0.1, 0.15) is 43.5 Å². The van der Waals surface area contributed by atoms with Gasteiger partial charge in [-0.3, -0.25) is 4.79 Å². The number of hydrazone groups is 1. The summed E-state index contributed by atoms with van der Waals surface area (Å²) in [6.07, 6.45) is 1.51. The van der Waals surface area contributed by atoms with Crippen LogP contribution in [-0.2, 0) is 20.9 Å². The quantitative estimate of drug-likeness (QED) is 0.112. The van der Waals surface area contributed by atoms with Gasteiger partial charge in [0.1, 0.15) is 12.4 Å². The second kappa shape index (κ2) is 15.4. The van der Waals surface area contributed by atoms with Crippen molar-refractivity contribution in [3.63, 3.8) is 0 Å². The Balaban J connectivity index is 1.38. The summed E-state index contributed by atoms with van der Waals surface area (Å²) in [6, 6.07) is 21.8. The van der Waals surface area contributed by atoms with E-state index in [9.17, 15) is 9.59 Å². The number of benzene rings is 3. The molecule has 0 saturated carbocycles. The molecule has 1 atom stereocenters. The van der Waals surface area contributed by atoms with Crippen LogP contribution in [0.2, 0.25) is 0 Å². The average molecular weight is 603 g/mol. The summed E-state index contributed by atoms with van der Waals surface area (Å²) >= 11 is 5.32. The molecule has 0 aliphatic carbocycles. The van der Waals surface area contributed by atoms with Crippen molar-refractivity contribution in [2.45, 2.75) is 33.4 Å². The van der Waals surface area contributed by atoms with Crippen LogP contribution in [0.4, 0.5) is 0 Å². The van der Waals surface area contributed by atoms with Crippen LogP contribution in [0.5, 0.6) is 17.2 Å². The van der Waals surface area contributed by atoms with E-state index in [1.807, 2.05) is 49.4 Å². The van der Waals surface area contributed by atoms with Gasteiger partial charge in [-0.15, -0.1) is 0 Å². The van der Waals surface area contributed by atoms with Crippen molar-refractivity contribution in [2.24, 2.45) is 5.10 Å². The summed E-state index contributed by atoms with van der Waals surface area (Å²) in [7, 11) is 0. The maximum absolute atomic E-state index is 12.7. The van der Waals surface area contributed by atoms with Crippen molar-refractivity contribution in [3.05, 3.63) is 101 Å². The molecule has 4 rings (SSSR count). The van der Waals surface area contributed by atoms with Crippen LogP contribution < -0.4 is 30.3 Å². The predicted molar refractivity (Wildman–Crippen MR) is 167 cm³/mol. The van der Waals surface area contributed by atoms with E-state index in [0.29, 0.717) is 58.0 Å². The minimum absolute atomic E-state index is 0.227. The van der Waals surface area contributed by atoms with Crippen molar-refractivity contribution >= 4 is 35.4 Å². The van der Waals surface area contributed by atoms with Gasteiger partial charge >= 0.3 is 5.97 Å². The summed E-state index contributed by atoms with van der Waals surface area (Å²) in [6.45, 7) is 6.18. The maximum Gasteiger partial charge on any atom is 0.338 e. The normalized spacial score (nSPS) is 14.5. The highest BCUT2D eigenvalue weighted by Gasteiger charge is 2.32. The monoisotopic (exact) mass is 602 g/mol. The minimum atomic E-state index is -0.621. The Hall–Kier alpha value is -4.90. The zero-order chi connectivity index (χ0) is 30.6. The van der Waals surface area contributed by atoms with Crippen LogP contribution in [0.3, 0.4) is 0 Å². The Bertz CT molecular complexity index is 1510. The fourth-order valence-corrected chi connectivity index (χ4v) is 4.61. The van der Waals surface area contributed by atoms with Gasteiger partial charge in [0.15, 0.2) is 23.2 Å². The molecule has 1 amide bonds. The van der Waals surface area contributed by atoms with E-state index >= 15 is 0 Å². The number of hydrogen-bond acceptors (Lipinski definition) is 8. The molecule has 0 saturated heterocycles. The molecule has 3 N–H and O–H groups in total. The zero-order valence-electron chi connectivity index (χ0n) is 24.2. The molecule has 0 spiro atoms. The molecular weight excluding hydrogens is 568 g/mol. The molecule has 1 heterocycles. The first-order chi connectivity index (χ1) is 20.9. The molecule has 0 radical (unpaired) electrons. The van der Waals surface area contributed by atoms with Gasteiger partial charge in [0.25, 0.3) is 5.91 Å². The number of nitrogens with zero attached hydrogens (tertiary/aromatic N) is 1. The fraction of sp³-hybridized carbons (Fsp3) is 0.250. The number of thiocarbonyl (C=S) groups is 1. The molecule has 0 fully saturated rings. The molecule has 1 aliphatic rings. The van der Waals surface area contributed by atoms with Gasteiger partial charge in [0.2, 0.25) is 0 Å². The Kier molecular flexibility index (Phi) is 11.1. The first-order valence-electron chi connectivity index (χ1n) is 13.8. The minimum Gasteiger partial charge on any atom is -0.490 e.